The third kappa shape index (κ3) is 1.01. The maximum absolute atomic E-state index is 3.97. The van der Waals surface area contributed by atoms with Crippen LogP contribution in [0.3, 0.4) is 0 Å². The zero-order valence-corrected chi connectivity index (χ0v) is 6.80. The lowest BCUT2D eigenvalue weighted by Gasteiger charge is -2.15. The summed E-state index contributed by atoms with van der Waals surface area (Å²) in [5.41, 5.74) is 2.55. The number of hydrogen-bond donors (Lipinski definition) is 1. The molecular weight excluding hydrogens is 134 g/mol. The summed E-state index contributed by atoms with van der Waals surface area (Å²) in [6.45, 7) is 7.18. The van der Waals surface area contributed by atoms with Crippen LogP contribution in [0.5, 0.6) is 0 Å². The van der Waals surface area contributed by atoms with Crippen LogP contribution >= 0.6 is 0 Å². The summed E-state index contributed by atoms with van der Waals surface area (Å²) in [5.74, 6) is 1.21. The predicted octanol–water partition coefficient (Wildman–Crippen LogP) is 1.85. The summed E-state index contributed by atoms with van der Waals surface area (Å²) < 4.78 is 0. The number of rotatable bonds is 0. The molecule has 1 nitrogen and oxygen atoms in total. The van der Waals surface area contributed by atoms with Gasteiger partial charge < -0.3 is 5.32 Å². The molecule has 0 aromatic heterocycles. The molecule has 2 unspecified atom stereocenters. The van der Waals surface area contributed by atoms with Gasteiger partial charge in [0.25, 0.3) is 0 Å². The van der Waals surface area contributed by atoms with Crippen molar-refractivity contribution in [1.82, 2.24) is 5.32 Å². The molecule has 2 atom stereocenters. The molecule has 1 heterocycles. The van der Waals surface area contributed by atoms with Crippen LogP contribution in [0.2, 0.25) is 0 Å². The molecule has 0 aromatic carbocycles. The minimum absolute atomic E-state index is 0.554. The average Bonchev–Trinajstić information content (AvgIpc) is 2.32. The Kier molecular flexibility index (Phi) is 1.38. The fraction of sp³-hybridized carbons (Fsp3) is 0.400. The fourth-order valence-electron chi connectivity index (χ4n) is 1.82. The summed E-state index contributed by atoms with van der Waals surface area (Å²) in [6.07, 6.45) is 6.76. The molecular formula is C10H13N. The van der Waals surface area contributed by atoms with Crippen molar-refractivity contribution in [3.63, 3.8) is 0 Å². The van der Waals surface area contributed by atoms with Crippen molar-refractivity contribution >= 4 is 0 Å². The zero-order valence-electron chi connectivity index (χ0n) is 6.80. The molecule has 0 amide bonds. The van der Waals surface area contributed by atoms with Crippen molar-refractivity contribution < 1.29 is 0 Å². The van der Waals surface area contributed by atoms with E-state index in [0.29, 0.717) is 11.8 Å². The van der Waals surface area contributed by atoms with E-state index in [1.54, 1.807) is 0 Å². The first-order valence-corrected chi connectivity index (χ1v) is 4.06. The second-order valence-electron chi connectivity index (χ2n) is 3.37. The molecule has 0 saturated carbocycles. The van der Waals surface area contributed by atoms with Crippen LogP contribution in [0.1, 0.15) is 6.92 Å². The quantitative estimate of drug-likeness (QED) is 0.551. The molecule has 1 fully saturated rings. The molecule has 1 aliphatic carbocycles. The maximum atomic E-state index is 3.97. The van der Waals surface area contributed by atoms with E-state index < -0.39 is 0 Å². The van der Waals surface area contributed by atoms with Crippen LogP contribution in [-0.2, 0) is 0 Å². The molecule has 11 heavy (non-hydrogen) atoms. The van der Waals surface area contributed by atoms with E-state index in [9.17, 15) is 0 Å². The Hall–Kier alpha value is -0.980. The largest absolute Gasteiger partial charge is 0.388 e. The number of nitrogens with one attached hydrogen (secondary N) is 1. The summed E-state index contributed by atoms with van der Waals surface area (Å²) in [4.78, 5) is 0. The standard InChI is InChI=1S/C10H13N/c1-7-3-4-10-8(2)11-6-9(10)5-7/h3-5,9-11H,2,6H2,1H3. The topological polar surface area (TPSA) is 12.0 Å². The SMILES string of the molecule is C=C1NCC2C=C(C)C=CC12. The van der Waals surface area contributed by atoms with Crippen molar-refractivity contribution in [3.05, 3.63) is 36.1 Å². The fourth-order valence-corrected chi connectivity index (χ4v) is 1.82. The first-order valence-electron chi connectivity index (χ1n) is 4.06. The molecule has 0 radical (unpaired) electrons. The molecule has 1 N–H and O–H groups in total. The Morgan fingerprint density at radius 2 is 2.45 bits per heavy atom. The normalized spacial score (nSPS) is 34.6. The summed E-state index contributed by atoms with van der Waals surface area (Å²) in [7, 11) is 0. The Morgan fingerprint density at radius 3 is 3.27 bits per heavy atom. The van der Waals surface area contributed by atoms with Crippen LogP contribution in [0.25, 0.3) is 0 Å². The van der Waals surface area contributed by atoms with Gasteiger partial charge in [0.05, 0.1) is 0 Å². The number of fused-ring (bicyclic) bond motifs is 1. The molecule has 0 spiro atoms. The second kappa shape index (κ2) is 2.26. The molecule has 2 aliphatic rings. The Bertz CT molecular complexity index is 248. The van der Waals surface area contributed by atoms with E-state index in [4.69, 9.17) is 0 Å². The third-order valence-electron chi connectivity index (χ3n) is 2.47. The van der Waals surface area contributed by atoms with Gasteiger partial charge in [-0.2, -0.15) is 0 Å². The third-order valence-corrected chi connectivity index (χ3v) is 2.47. The number of hydrogen-bond acceptors (Lipinski definition) is 1. The van der Waals surface area contributed by atoms with E-state index in [1.807, 2.05) is 0 Å². The van der Waals surface area contributed by atoms with Gasteiger partial charge in [-0.1, -0.05) is 30.4 Å². The predicted molar refractivity (Wildman–Crippen MR) is 47.0 cm³/mol. The van der Waals surface area contributed by atoms with Crippen LogP contribution in [0.15, 0.2) is 36.1 Å². The molecule has 58 valence electrons. The summed E-state index contributed by atoms with van der Waals surface area (Å²) in [5, 5.41) is 3.29. The molecule has 0 bridgehead atoms. The van der Waals surface area contributed by atoms with E-state index in [2.05, 4.69) is 37.0 Å². The highest BCUT2D eigenvalue weighted by atomic mass is 14.9. The molecule has 2 rings (SSSR count). The first-order chi connectivity index (χ1) is 5.27. The van der Waals surface area contributed by atoms with Crippen LogP contribution in [0.4, 0.5) is 0 Å². The van der Waals surface area contributed by atoms with E-state index in [0.717, 1.165) is 6.54 Å². The van der Waals surface area contributed by atoms with Crippen molar-refractivity contribution in [2.75, 3.05) is 6.54 Å². The lowest BCUT2D eigenvalue weighted by molar-refractivity contribution is 0.616. The van der Waals surface area contributed by atoms with Gasteiger partial charge in [0.1, 0.15) is 0 Å². The Labute approximate surface area is 67.5 Å². The number of allylic oxidation sites excluding steroid dienone is 3. The van der Waals surface area contributed by atoms with Gasteiger partial charge in [0, 0.05) is 24.1 Å². The van der Waals surface area contributed by atoms with Crippen molar-refractivity contribution in [1.29, 1.82) is 0 Å². The van der Waals surface area contributed by atoms with Gasteiger partial charge >= 0.3 is 0 Å². The smallest absolute Gasteiger partial charge is 0.0243 e. The van der Waals surface area contributed by atoms with Crippen LogP contribution in [0, 0.1) is 11.8 Å². The molecule has 0 aromatic rings. The lowest BCUT2D eigenvalue weighted by Crippen LogP contribution is -2.09. The van der Waals surface area contributed by atoms with E-state index >= 15 is 0 Å². The highest BCUT2D eigenvalue weighted by molar-refractivity contribution is 5.31. The van der Waals surface area contributed by atoms with Crippen LogP contribution < -0.4 is 5.32 Å². The summed E-state index contributed by atoms with van der Waals surface area (Å²) in [6, 6.07) is 0. The van der Waals surface area contributed by atoms with Crippen molar-refractivity contribution in [3.8, 4) is 0 Å². The van der Waals surface area contributed by atoms with Gasteiger partial charge in [-0.25, -0.2) is 0 Å². The Morgan fingerprint density at radius 1 is 1.64 bits per heavy atom. The zero-order chi connectivity index (χ0) is 7.84. The minimum atomic E-state index is 0.554. The van der Waals surface area contributed by atoms with Gasteiger partial charge in [-0.15, -0.1) is 0 Å². The second-order valence-corrected chi connectivity index (χ2v) is 3.37. The van der Waals surface area contributed by atoms with Gasteiger partial charge in [0.2, 0.25) is 0 Å². The minimum Gasteiger partial charge on any atom is -0.388 e. The van der Waals surface area contributed by atoms with Gasteiger partial charge in [-0.05, 0) is 6.92 Å². The Balaban J connectivity index is 2.27. The summed E-state index contributed by atoms with van der Waals surface area (Å²) >= 11 is 0. The molecule has 1 saturated heterocycles. The lowest BCUT2D eigenvalue weighted by atomic mass is 9.88. The monoisotopic (exact) mass is 147 g/mol. The van der Waals surface area contributed by atoms with E-state index in [-0.39, 0.29) is 0 Å². The average molecular weight is 147 g/mol. The van der Waals surface area contributed by atoms with Gasteiger partial charge in [0.15, 0.2) is 0 Å². The highest BCUT2D eigenvalue weighted by Crippen LogP contribution is 2.31. The van der Waals surface area contributed by atoms with Crippen LogP contribution in [-0.4, -0.2) is 6.54 Å². The van der Waals surface area contributed by atoms with Crippen molar-refractivity contribution in [2.24, 2.45) is 11.8 Å². The first kappa shape index (κ1) is 6.71. The molecule has 1 heteroatoms. The van der Waals surface area contributed by atoms with Crippen molar-refractivity contribution in [2.45, 2.75) is 6.92 Å². The highest BCUT2D eigenvalue weighted by Gasteiger charge is 2.27. The van der Waals surface area contributed by atoms with E-state index in [1.165, 1.54) is 11.3 Å². The van der Waals surface area contributed by atoms with Gasteiger partial charge in [-0.3, -0.25) is 0 Å². The molecule has 1 aliphatic heterocycles. The maximum Gasteiger partial charge on any atom is 0.0243 e.